The molecule has 0 aliphatic rings. The monoisotopic (exact) mass is 332 g/mol. The van der Waals surface area contributed by atoms with Crippen LogP contribution in [0.4, 0.5) is 5.69 Å². The summed E-state index contributed by atoms with van der Waals surface area (Å²) in [6, 6.07) is 13.0. The summed E-state index contributed by atoms with van der Waals surface area (Å²) in [5.41, 5.74) is 3.84. The van der Waals surface area contributed by atoms with Crippen molar-refractivity contribution in [1.82, 2.24) is 4.98 Å². The maximum absolute atomic E-state index is 4.23. The van der Waals surface area contributed by atoms with E-state index in [1.54, 1.807) is 6.20 Å². The minimum Gasteiger partial charge on any atom is -0.376 e. The van der Waals surface area contributed by atoms with Gasteiger partial charge in [0.2, 0.25) is 0 Å². The van der Waals surface area contributed by atoms with Crippen molar-refractivity contribution in [3.63, 3.8) is 0 Å². The summed E-state index contributed by atoms with van der Waals surface area (Å²) in [5.74, 6) is 0. The fourth-order valence-corrected chi connectivity index (χ4v) is 2.45. The molecule has 0 saturated carbocycles. The number of hydrogen-bond acceptors (Lipinski definition) is 2. The van der Waals surface area contributed by atoms with E-state index in [1.807, 2.05) is 12.1 Å². The topological polar surface area (TPSA) is 24.9 Å². The molecule has 1 unspecified atom stereocenters. The lowest BCUT2D eigenvalue weighted by molar-refractivity contribution is 0.589. The summed E-state index contributed by atoms with van der Waals surface area (Å²) < 4.78 is 0.846. The maximum atomic E-state index is 4.23. The number of benzene rings is 1. The summed E-state index contributed by atoms with van der Waals surface area (Å²) in [6.07, 6.45) is 1.78. The standard InChI is InChI=1S/C17H21BrN2/c1-12(20-15-6-5-11-19-16(15)18)13-7-9-14(10-8-13)17(2,3)4/h5-12,20H,1-4H3. The zero-order valence-corrected chi connectivity index (χ0v) is 14.0. The Morgan fingerprint density at radius 2 is 1.75 bits per heavy atom. The Bertz CT molecular complexity index is 570. The fraction of sp³-hybridized carbons (Fsp3) is 0.353. The van der Waals surface area contributed by atoms with Crippen molar-refractivity contribution in [3.8, 4) is 0 Å². The molecule has 0 saturated heterocycles. The molecule has 0 aliphatic heterocycles. The summed E-state index contributed by atoms with van der Waals surface area (Å²) in [5, 5.41) is 3.48. The number of halogens is 1. The van der Waals surface area contributed by atoms with E-state index in [4.69, 9.17) is 0 Å². The van der Waals surface area contributed by atoms with Crippen molar-refractivity contribution in [2.45, 2.75) is 39.2 Å². The molecule has 2 aromatic rings. The number of hydrogen-bond donors (Lipinski definition) is 1. The van der Waals surface area contributed by atoms with Crippen LogP contribution in [0.1, 0.15) is 44.9 Å². The molecule has 0 fully saturated rings. The minimum atomic E-state index is 0.196. The predicted octanol–water partition coefficient (Wildman–Crippen LogP) is 5.31. The predicted molar refractivity (Wildman–Crippen MR) is 89.1 cm³/mol. The van der Waals surface area contributed by atoms with Crippen LogP contribution in [0.15, 0.2) is 47.2 Å². The largest absolute Gasteiger partial charge is 0.376 e. The Hall–Kier alpha value is -1.35. The second-order valence-corrected chi connectivity index (χ2v) is 6.83. The number of rotatable bonds is 3. The van der Waals surface area contributed by atoms with Crippen molar-refractivity contribution < 1.29 is 0 Å². The van der Waals surface area contributed by atoms with E-state index in [9.17, 15) is 0 Å². The van der Waals surface area contributed by atoms with Gasteiger partial charge in [-0.25, -0.2) is 4.98 Å². The molecule has 1 N–H and O–H groups in total. The van der Waals surface area contributed by atoms with Crippen molar-refractivity contribution in [1.29, 1.82) is 0 Å². The van der Waals surface area contributed by atoms with Crippen LogP contribution in [0.3, 0.4) is 0 Å². The van der Waals surface area contributed by atoms with Crippen LogP contribution in [-0.4, -0.2) is 4.98 Å². The van der Waals surface area contributed by atoms with Crippen molar-refractivity contribution in [2.75, 3.05) is 5.32 Å². The molecule has 1 heterocycles. The zero-order chi connectivity index (χ0) is 14.8. The molecule has 0 amide bonds. The molecule has 0 aliphatic carbocycles. The van der Waals surface area contributed by atoms with Crippen LogP contribution in [-0.2, 0) is 5.41 Å². The average Bonchev–Trinajstić information content (AvgIpc) is 2.40. The minimum absolute atomic E-state index is 0.196. The third kappa shape index (κ3) is 3.60. The molecule has 106 valence electrons. The first-order valence-corrected chi connectivity index (χ1v) is 7.65. The normalized spacial score (nSPS) is 13.1. The van der Waals surface area contributed by atoms with Gasteiger partial charge in [-0.15, -0.1) is 0 Å². The van der Waals surface area contributed by atoms with Gasteiger partial charge in [-0.2, -0.15) is 0 Å². The molecular weight excluding hydrogens is 312 g/mol. The Balaban J connectivity index is 2.14. The second-order valence-electron chi connectivity index (χ2n) is 6.08. The Kier molecular flexibility index (Phi) is 4.48. The van der Waals surface area contributed by atoms with Gasteiger partial charge in [0.05, 0.1) is 5.69 Å². The lowest BCUT2D eigenvalue weighted by Gasteiger charge is -2.21. The SMILES string of the molecule is CC(Nc1cccnc1Br)c1ccc(C(C)(C)C)cc1. The number of nitrogens with one attached hydrogen (secondary N) is 1. The average molecular weight is 333 g/mol. The van der Waals surface area contributed by atoms with E-state index in [2.05, 4.69) is 78.2 Å². The van der Waals surface area contributed by atoms with Gasteiger partial charge in [0.1, 0.15) is 4.60 Å². The highest BCUT2D eigenvalue weighted by molar-refractivity contribution is 9.10. The first kappa shape index (κ1) is 15.0. The van der Waals surface area contributed by atoms with Gasteiger partial charge in [0.25, 0.3) is 0 Å². The summed E-state index contributed by atoms with van der Waals surface area (Å²) in [4.78, 5) is 4.23. The number of nitrogens with zero attached hydrogens (tertiary/aromatic N) is 1. The van der Waals surface area contributed by atoms with Gasteiger partial charge in [0, 0.05) is 12.2 Å². The Morgan fingerprint density at radius 1 is 1.10 bits per heavy atom. The molecule has 1 aromatic heterocycles. The summed E-state index contributed by atoms with van der Waals surface area (Å²) in [6.45, 7) is 8.86. The van der Waals surface area contributed by atoms with E-state index in [1.165, 1.54) is 11.1 Å². The lowest BCUT2D eigenvalue weighted by atomic mass is 9.86. The van der Waals surface area contributed by atoms with Crippen LogP contribution in [0.5, 0.6) is 0 Å². The maximum Gasteiger partial charge on any atom is 0.129 e. The van der Waals surface area contributed by atoms with E-state index in [0.29, 0.717) is 0 Å². The highest BCUT2D eigenvalue weighted by atomic mass is 79.9. The molecule has 2 rings (SSSR count). The molecule has 0 radical (unpaired) electrons. The first-order chi connectivity index (χ1) is 9.38. The summed E-state index contributed by atoms with van der Waals surface area (Å²) >= 11 is 3.46. The third-order valence-electron chi connectivity index (χ3n) is 3.41. The number of anilines is 1. The molecular formula is C17H21BrN2. The van der Waals surface area contributed by atoms with E-state index in [0.717, 1.165) is 10.3 Å². The van der Waals surface area contributed by atoms with Gasteiger partial charge >= 0.3 is 0 Å². The lowest BCUT2D eigenvalue weighted by Crippen LogP contribution is -2.12. The highest BCUT2D eigenvalue weighted by Crippen LogP contribution is 2.27. The van der Waals surface area contributed by atoms with Crippen molar-refractivity contribution in [2.24, 2.45) is 0 Å². The van der Waals surface area contributed by atoms with Gasteiger partial charge in [0.15, 0.2) is 0 Å². The smallest absolute Gasteiger partial charge is 0.129 e. The van der Waals surface area contributed by atoms with Gasteiger partial charge < -0.3 is 5.32 Å². The molecule has 2 nitrogen and oxygen atoms in total. The number of pyridine rings is 1. The van der Waals surface area contributed by atoms with Crippen LogP contribution in [0.2, 0.25) is 0 Å². The fourth-order valence-electron chi connectivity index (χ4n) is 2.08. The van der Waals surface area contributed by atoms with E-state index in [-0.39, 0.29) is 11.5 Å². The molecule has 1 atom stereocenters. The summed E-state index contributed by atoms with van der Waals surface area (Å²) in [7, 11) is 0. The second kappa shape index (κ2) is 5.96. The molecule has 1 aromatic carbocycles. The quantitative estimate of drug-likeness (QED) is 0.770. The van der Waals surface area contributed by atoms with E-state index < -0.39 is 0 Å². The molecule has 20 heavy (non-hydrogen) atoms. The zero-order valence-electron chi connectivity index (χ0n) is 12.4. The highest BCUT2D eigenvalue weighted by Gasteiger charge is 2.14. The van der Waals surface area contributed by atoms with Crippen LogP contribution in [0.25, 0.3) is 0 Å². The van der Waals surface area contributed by atoms with Crippen molar-refractivity contribution >= 4 is 21.6 Å². The van der Waals surface area contributed by atoms with Crippen LogP contribution in [0, 0.1) is 0 Å². The van der Waals surface area contributed by atoms with Crippen LogP contribution < -0.4 is 5.32 Å². The van der Waals surface area contributed by atoms with Gasteiger partial charge in [-0.05, 0) is 51.5 Å². The van der Waals surface area contributed by atoms with E-state index >= 15 is 0 Å². The first-order valence-electron chi connectivity index (χ1n) is 6.85. The van der Waals surface area contributed by atoms with Crippen LogP contribution >= 0.6 is 15.9 Å². The Morgan fingerprint density at radius 3 is 2.30 bits per heavy atom. The Labute approximate surface area is 129 Å². The molecule has 0 spiro atoms. The van der Waals surface area contributed by atoms with Gasteiger partial charge in [-0.3, -0.25) is 0 Å². The molecule has 3 heteroatoms. The van der Waals surface area contributed by atoms with Crippen molar-refractivity contribution in [3.05, 3.63) is 58.3 Å². The van der Waals surface area contributed by atoms with Gasteiger partial charge in [-0.1, -0.05) is 45.0 Å². The number of aromatic nitrogens is 1. The third-order valence-corrected chi connectivity index (χ3v) is 4.04. The molecule has 0 bridgehead atoms.